The standard InChI is InChI=1S/C10H13NO3/c1-14-9-5-2-6-11-10(9)8(13)4-3-7-12/h2,5-6,12H,3-4,7H2,1H3. The molecule has 0 aromatic carbocycles. The largest absolute Gasteiger partial charge is 0.494 e. The van der Waals surface area contributed by atoms with Crippen LogP contribution >= 0.6 is 0 Å². The van der Waals surface area contributed by atoms with Crippen LogP contribution < -0.4 is 4.74 Å². The monoisotopic (exact) mass is 195 g/mol. The van der Waals surface area contributed by atoms with Crippen molar-refractivity contribution in [3.05, 3.63) is 24.0 Å². The lowest BCUT2D eigenvalue weighted by molar-refractivity contribution is 0.0963. The van der Waals surface area contributed by atoms with E-state index in [2.05, 4.69) is 4.98 Å². The first-order valence-corrected chi connectivity index (χ1v) is 4.42. The highest BCUT2D eigenvalue weighted by molar-refractivity contribution is 5.96. The summed E-state index contributed by atoms with van der Waals surface area (Å²) >= 11 is 0. The quantitative estimate of drug-likeness (QED) is 0.713. The predicted molar refractivity (Wildman–Crippen MR) is 51.4 cm³/mol. The summed E-state index contributed by atoms with van der Waals surface area (Å²) < 4.78 is 5.00. The third kappa shape index (κ3) is 2.53. The van der Waals surface area contributed by atoms with Crippen LogP contribution in [0.5, 0.6) is 5.75 Å². The van der Waals surface area contributed by atoms with Crippen LogP contribution in [0.15, 0.2) is 18.3 Å². The molecule has 0 radical (unpaired) electrons. The third-order valence-corrected chi connectivity index (χ3v) is 1.82. The third-order valence-electron chi connectivity index (χ3n) is 1.82. The summed E-state index contributed by atoms with van der Waals surface area (Å²) in [6.45, 7) is 0.0148. The maximum atomic E-state index is 11.5. The van der Waals surface area contributed by atoms with E-state index in [4.69, 9.17) is 9.84 Å². The smallest absolute Gasteiger partial charge is 0.185 e. The lowest BCUT2D eigenvalue weighted by Crippen LogP contribution is -2.05. The number of nitrogens with zero attached hydrogens (tertiary/aromatic N) is 1. The first-order chi connectivity index (χ1) is 6.79. The summed E-state index contributed by atoms with van der Waals surface area (Å²) in [4.78, 5) is 15.5. The molecule has 0 atom stereocenters. The Labute approximate surface area is 82.5 Å². The van der Waals surface area contributed by atoms with Crippen molar-refractivity contribution >= 4 is 5.78 Å². The van der Waals surface area contributed by atoms with E-state index in [1.54, 1.807) is 18.3 Å². The molecule has 0 unspecified atom stereocenters. The molecular weight excluding hydrogens is 182 g/mol. The number of carbonyl (C=O) groups is 1. The van der Waals surface area contributed by atoms with Gasteiger partial charge in [-0.2, -0.15) is 0 Å². The highest BCUT2D eigenvalue weighted by atomic mass is 16.5. The zero-order chi connectivity index (χ0) is 10.4. The normalized spacial score (nSPS) is 9.86. The van der Waals surface area contributed by atoms with Crippen LogP contribution in [-0.4, -0.2) is 29.6 Å². The van der Waals surface area contributed by atoms with Crippen molar-refractivity contribution in [2.45, 2.75) is 12.8 Å². The van der Waals surface area contributed by atoms with Crippen molar-refractivity contribution in [1.82, 2.24) is 4.98 Å². The summed E-state index contributed by atoms with van der Waals surface area (Å²) in [7, 11) is 1.50. The van der Waals surface area contributed by atoms with E-state index in [1.165, 1.54) is 7.11 Å². The van der Waals surface area contributed by atoms with Crippen molar-refractivity contribution < 1.29 is 14.6 Å². The van der Waals surface area contributed by atoms with Gasteiger partial charge in [0.15, 0.2) is 5.78 Å². The number of aliphatic hydroxyl groups is 1. The number of ether oxygens (including phenoxy) is 1. The second-order valence-corrected chi connectivity index (χ2v) is 2.80. The summed E-state index contributed by atoms with van der Waals surface area (Å²) in [6, 6.07) is 3.40. The minimum atomic E-state index is -0.100. The lowest BCUT2D eigenvalue weighted by atomic mass is 10.1. The van der Waals surface area contributed by atoms with Gasteiger partial charge in [0.05, 0.1) is 7.11 Å². The second kappa shape index (κ2) is 5.34. The maximum Gasteiger partial charge on any atom is 0.185 e. The summed E-state index contributed by atoms with van der Waals surface area (Å²) in [6.07, 6.45) is 2.30. The van der Waals surface area contributed by atoms with Gasteiger partial charge in [-0.15, -0.1) is 0 Å². The molecular formula is C10H13NO3. The molecule has 0 fully saturated rings. The molecule has 1 aromatic heterocycles. The van der Waals surface area contributed by atoms with Crippen molar-refractivity contribution in [2.75, 3.05) is 13.7 Å². The van der Waals surface area contributed by atoms with Crippen LogP contribution in [0.2, 0.25) is 0 Å². The number of aromatic nitrogens is 1. The zero-order valence-electron chi connectivity index (χ0n) is 8.06. The number of hydrogen-bond acceptors (Lipinski definition) is 4. The van der Waals surface area contributed by atoms with Crippen LogP contribution in [0.1, 0.15) is 23.3 Å². The first kappa shape index (κ1) is 10.7. The molecule has 0 amide bonds. The number of carbonyl (C=O) groups excluding carboxylic acids is 1. The molecule has 14 heavy (non-hydrogen) atoms. The van der Waals surface area contributed by atoms with E-state index < -0.39 is 0 Å². The Morgan fingerprint density at radius 2 is 2.43 bits per heavy atom. The Bertz CT molecular complexity index is 312. The van der Waals surface area contributed by atoms with Crippen LogP contribution in [-0.2, 0) is 0 Å². The fourth-order valence-electron chi connectivity index (χ4n) is 1.12. The van der Waals surface area contributed by atoms with Gasteiger partial charge in [-0.1, -0.05) is 0 Å². The van der Waals surface area contributed by atoms with Crippen molar-refractivity contribution in [1.29, 1.82) is 0 Å². The first-order valence-electron chi connectivity index (χ1n) is 4.42. The van der Waals surface area contributed by atoms with Gasteiger partial charge < -0.3 is 9.84 Å². The Morgan fingerprint density at radius 3 is 3.07 bits per heavy atom. The number of methoxy groups -OCH3 is 1. The topological polar surface area (TPSA) is 59.4 Å². The molecule has 0 bridgehead atoms. The number of ketones is 1. The molecule has 0 saturated heterocycles. The van der Waals surface area contributed by atoms with Crippen LogP contribution in [0, 0.1) is 0 Å². The van der Waals surface area contributed by atoms with Gasteiger partial charge in [0.2, 0.25) is 0 Å². The second-order valence-electron chi connectivity index (χ2n) is 2.80. The summed E-state index contributed by atoms with van der Waals surface area (Å²) in [5.41, 5.74) is 0.337. The minimum absolute atomic E-state index is 0.0148. The van der Waals surface area contributed by atoms with Crippen molar-refractivity contribution in [2.24, 2.45) is 0 Å². The molecule has 1 rings (SSSR count). The van der Waals surface area contributed by atoms with Gasteiger partial charge in [-0.25, -0.2) is 4.98 Å². The molecule has 0 spiro atoms. The van der Waals surface area contributed by atoms with Gasteiger partial charge in [0, 0.05) is 19.2 Å². The van der Waals surface area contributed by atoms with Gasteiger partial charge in [-0.05, 0) is 18.6 Å². The molecule has 4 nitrogen and oxygen atoms in total. The van der Waals surface area contributed by atoms with Gasteiger partial charge in [0.1, 0.15) is 11.4 Å². The van der Waals surface area contributed by atoms with Crippen LogP contribution in [0.25, 0.3) is 0 Å². The average Bonchev–Trinajstić information content (AvgIpc) is 2.25. The van der Waals surface area contributed by atoms with Crippen LogP contribution in [0.3, 0.4) is 0 Å². The molecule has 1 aromatic rings. The van der Waals surface area contributed by atoms with Crippen LogP contribution in [0.4, 0.5) is 0 Å². The van der Waals surface area contributed by atoms with Gasteiger partial charge in [-0.3, -0.25) is 4.79 Å². The van der Waals surface area contributed by atoms with Crippen molar-refractivity contribution in [3.63, 3.8) is 0 Å². The fourth-order valence-corrected chi connectivity index (χ4v) is 1.12. The number of pyridine rings is 1. The number of aliphatic hydroxyl groups excluding tert-OH is 1. The lowest BCUT2D eigenvalue weighted by Gasteiger charge is -2.04. The fraction of sp³-hybridized carbons (Fsp3) is 0.400. The van der Waals surface area contributed by atoms with Crippen molar-refractivity contribution in [3.8, 4) is 5.75 Å². The minimum Gasteiger partial charge on any atom is -0.494 e. The predicted octanol–water partition coefficient (Wildman–Crippen LogP) is 1.05. The van der Waals surface area contributed by atoms with E-state index >= 15 is 0 Å². The van der Waals surface area contributed by atoms with E-state index in [-0.39, 0.29) is 12.4 Å². The molecule has 4 heteroatoms. The molecule has 0 aliphatic rings. The molecule has 76 valence electrons. The Balaban J connectivity index is 2.78. The Hall–Kier alpha value is -1.42. The number of hydrogen-bond donors (Lipinski definition) is 1. The number of Topliss-reactive ketones (excluding diaryl/α,β-unsaturated/α-hetero) is 1. The average molecular weight is 195 g/mol. The zero-order valence-corrected chi connectivity index (χ0v) is 8.06. The molecule has 0 saturated carbocycles. The van der Waals surface area contributed by atoms with E-state index in [0.717, 1.165) is 0 Å². The highest BCUT2D eigenvalue weighted by Gasteiger charge is 2.12. The summed E-state index contributed by atoms with van der Waals surface area (Å²) in [5, 5.41) is 8.58. The molecule has 0 aliphatic carbocycles. The SMILES string of the molecule is COc1cccnc1C(=O)CCCO. The molecule has 0 aliphatic heterocycles. The Kier molecular flexibility index (Phi) is 4.07. The van der Waals surface area contributed by atoms with E-state index in [0.29, 0.717) is 24.3 Å². The van der Waals surface area contributed by atoms with E-state index in [9.17, 15) is 4.79 Å². The number of rotatable bonds is 5. The van der Waals surface area contributed by atoms with E-state index in [1.807, 2.05) is 0 Å². The van der Waals surface area contributed by atoms with Gasteiger partial charge >= 0.3 is 0 Å². The molecule has 1 N–H and O–H groups in total. The molecule has 1 heterocycles. The van der Waals surface area contributed by atoms with Gasteiger partial charge in [0.25, 0.3) is 0 Å². The summed E-state index contributed by atoms with van der Waals surface area (Å²) in [5.74, 6) is 0.381. The maximum absolute atomic E-state index is 11.5. The Morgan fingerprint density at radius 1 is 1.64 bits per heavy atom. The highest BCUT2D eigenvalue weighted by Crippen LogP contribution is 2.16.